The van der Waals surface area contributed by atoms with E-state index < -0.39 is 5.91 Å². The fraction of sp³-hybridized carbons (Fsp3) is 0.438. The van der Waals surface area contributed by atoms with Crippen molar-refractivity contribution in [3.8, 4) is 11.4 Å². The topological polar surface area (TPSA) is 83.0 Å². The largest absolute Gasteiger partial charge is 0.378 e. The number of hydrogen-bond acceptors (Lipinski definition) is 5. The molecule has 0 aliphatic carbocycles. The number of aromatic nitrogens is 3. The van der Waals surface area contributed by atoms with Crippen molar-refractivity contribution in [2.45, 2.75) is 38.6 Å². The van der Waals surface area contributed by atoms with Crippen molar-refractivity contribution < 1.29 is 9.53 Å². The highest BCUT2D eigenvalue weighted by Crippen LogP contribution is 2.24. The quantitative estimate of drug-likeness (QED) is 0.591. The van der Waals surface area contributed by atoms with Crippen LogP contribution in [0.4, 0.5) is 0 Å². The smallest absolute Gasteiger partial charge is 0.237 e. The summed E-state index contributed by atoms with van der Waals surface area (Å²) in [5, 5.41) is 9.12. The summed E-state index contributed by atoms with van der Waals surface area (Å²) in [6.07, 6.45) is 0.196. The van der Waals surface area contributed by atoms with E-state index in [-0.39, 0.29) is 12.6 Å². The number of nitrogens with zero attached hydrogens (tertiary/aromatic N) is 3. The third-order valence-corrected chi connectivity index (χ3v) is 4.00. The molecule has 2 rings (SSSR count). The molecule has 23 heavy (non-hydrogen) atoms. The Bertz CT molecular complexity index is 670. The van der Waals surface area contributed by atoms with E-state index in [1.807, 2.05) is 45.0 Å². The molecular weight excluding hydrogens is 312 g/mol. The van der Waals surface area contributed by atoms with Gasteiger partial charge in [0.15, 0.2) is 11.0 Å². The summed E-state index contributed by atoms with van der Waals surface area (Å²) < 4.78 is 7.28. The van der Waals surface area contributed by atoms with Crippen LogP contribution >= 0.6 is 11.8 Å². The van der Waals surface area contributed by atoms with Crippen LogP contribution in [0.3, 0.4) is 0 Å². The molecule has 1 heterocycles. The van der Waals surface area contributed by atoms with E-state index in [9.17, 15) is 4.79 Å². The van der Waals surface area contributed by atoms with Gasteiger partial charge in [-0.05, 0) is 26.8 Å². The van der Waals surface area contributed by atoms with Crippen LogP contribution in [0, 0.1) is 6.92 Å². The minimum atomic E-state index is -0.418. The number of thioether (sulfide) groups is 1. The number of ether oxygens (including phenoxy) is 1. The molecule has 0 spiro atoms. The molecule has 2 N–H and O–H groups in total. The molecular formula is C16H22N4O2S. The lowest BCUT2D eigenvalue weighted by molar-refractivity contribution is -0.118. The molecule has 0 aliphatic rings. The number of carbonyl (C=O) groups is 1. The van der Waals surface area contributed by atoms with Gasteiger partial charge in [0.25, 0.3) is 0 Å². The number of amides is 1. The van der Waals surface area contributed by atoms with Crippen molar-refractivity contribution in [2.75, 3.05) is 12.4 Å². The Morgan fingerprint density at radius 1 is 1.39 bits per heavy atom. The average Bonchev–Trinajstić information content (AvgIpc) is 2.85. The van der Waals surface area contributed by atoms with Crippen molar-refractivity contribution >= 4 is 17.7 Å². The van der Waals surface area contributed by atoms with Gasteiger partial charge in [-0.2, -0.15) is 0 Å². The van der Waals surface area contributed by atoms with Crippen molar-refractivity contribution in [1.29, 1.82) is 0 Å². The molecule has 0 unspecified atom stereocenters. The third-order valence-electron chi connectivity index (χ3n) is 3.07. The molecule has 124 valence electrons. The van der Waals surface area contributed by atoms with Crippen molar-refractivity contribution in [2.24, 2.45) is 5.73 Å². The number of nitrogens with two attached hydrogens (primary N) is 1. The lowest BCUT2D eigenvalue weighted by Crippen LogP contribution is -2.20. The van der Waals surface area contributed by atoms with Crippen molar-refractivity contribution in [3.63, 3.8) is 0 Å². The molecule has 0 radical (unpaired) electrons. The Labute approximate surface area is 140 Å². The van der Waals surface area contributed by atoms with Crippen LogP contribution < -0.4 is 5.73 Å². The average molecular weight is 334 g/mol. The number of benzene rings is 1. The van der Waals surface area contributed by atoms with E-state index in [0.29, 0.717) is 17.6 Å². The van der Waals surface area contributed by atoms with Crippen LogP contribution in [0.5, 0.6) is 0 Å². The third kappa shape index (κ3) is 5.07. The number of hydrogen-bond donors (Lipinski definition) is 1. The fourth-order valence-corrected chi connectivity index (χ4v) is 2.88. The van der Waals surface area contributed by atoms with E-state index in [1.165, 1.54) is 11.8 Å². The zero-order valence-corrected chi connectivity index (χ0v) is 14.5. The Balaban J connectivity index is 2.21. The second kappa shape index (κ2) is 8.12. The van der Waals surface area contributed by atoms with Gasteiger partial charge in [-0.1, -0.05) is 35.5 Å². The van der Waals surface area contributed by atoms with Crippen LogP contribution in [-0.4, -0.2) is 39.1 Å². The van der Waals surface area contributed by atoms with Gasteiger partial charge in [0.05, 0.1) is 12.7 Å². The van der Waals surface area contributed by atoms with Gasteiger partial charge in [0.1, 0.15) is 6.54 Å². The highest BCUT2D eigenvalue weighted by molar-refractivity contribution is 7.99. The number of aryl methyl sites for hydroxylation is 1. The molecule has 7 heteroatoms. The predicted octanol–water partition coefficient (Wildman–Crippen LogP) is 2.26. The molecule has 0 saturated carbocycles. The summed E-state index contributed by atoms with van der Waals surface area (Å²) in [5.74, 6) is 0.974. The van der Waals surface area contributed by atoms with Gasteiger partial charge in [0.2, 0.25) is 5.91 Å². The van der Waals surface area contributed by atoms with E-state index >= 15 is 0 Å². The minimum Gasteiger partial charge on any atom is -0.378 e. The number of carbonyl (C=O) groups excluding carboxylic acids is 1. The summed E-state index contributed by atoms with van der Waals surface area (Å²) in [5.41, 5.74) is 7.42. The minimum absolute atomic E-state index is 0.0592. The summed E-state index contributed by atoms with van der Waals surface area (Å²) >= 11 is 1.51. The zero-order chi connectivity index (χ0) is 16.8. The molecule has 0 bridgehead atoms. The maximum absolute atomic E-state index is 11.4. The maximum atomic E-state index is 11.4. The predicted molar refractivity (Wildman–Crippen MR) is 91.2 cm³/mol. The van der Waals surface area contributed by atoms with Crippen LogP contribution in [0.1, 0.15) is 19.4 Å². The Morgan fingerprint density at radius 3 is 2.83 bits per heavy atom. The molecule has 0 atom stereocenters. The van der Waals surface area contributed by atoms with E-state index in [0.717, 1.165) is 16.9 Å². The van der Waals surface area contributed by atoms with Gasteiger partial charge in [0, 0.05) is 11.3 Å². The SMILES string of the molecule is Cc1cccc(-c2nnc(SCCOC(C)C)n2CC(N)=O)c1. The lowest BCUT2D eigenvalue weighted by atomic mass is 10.1. The van der Waals surface area contributed by atoms with E-state index in [4.69, 9.17) is 10.5 Å². The summed E-state index contributed by atoms with van der Waals surface area (Å²) in [7, 11) is 0. The van der Waals surface area contributed by atoms with Gasteiger partial charge in [-0.25, -0.2) is 0 Å². The fourth-order valence-electron chi connectivity index (χ4n) is 2.11. The van der Waals surface area contributed by atoms with Gasteiger partial charge >= 0.3 is 0 Å². The van der Waals surface area contributed by atoms with Crippen molar-refractivity contribution in [1.82, 2.24) is 14.8 Å². The second-order valence-electron chi connectivity index (χ2n) is 5.50. The van der Waals surface area contributed by atoms with Gasteiger partial charge < -0.3 is 10.5 Å². The Hall–Kier alpha value is -1.86. The van der Waals surface area contributed by atoms with E-state index in [2.05, 4.69) is 10.2 Å². The molecule has 6 nitrogen and oxygen atoms in total. The molecule has 0 aliphatic heterocycles. The Morgan fingerprint density at radius 2 is 2.17 bits per heavy atom. The van der Waals surface area contributed by atoms with Gasteiger partial charge in [-0.3, -0.25) is 9.36 Å². The first kappa shape index (κ1) is 17.5. The molecule has 2 aromatic rings. The normalized spacial score (nSPS) is 11.1. The first-order chi connectivity index (χ1) is 11.0. The van der Waals surface area contributed by atoms with Crippen molar-refractivity contribution in [3.05, 3.63) is 29.8 Å². The summed E-state index contributed by atoms with van der Waals surface area (Å²) in [6, 6.07) is 7.93. The van der Waals surface area contributed by atoms with E-state index in [1.54, 1.807) is 4.57 Å². The maximum Gasteiger partial charge on any atom is 0.237 e. The van der Waals surface area contributed by atoms with Crippen LogP contribution in [0.2, 0.25) is 0 Å². The first-order valence-corrected chi connectivity index (χ1v) is 8.49. The Kier molecular flexibility index (Phi) is 6.18. The molecule has 1 aromatic heterocycles. The highest BCUT2D eigenvalue weighted by atomic mass is 32.2. The van der Waals surface area contributed by atoms with Crippen LogP contribution in [-0.2, 0) is 16.1 Å². The van der Waals surface area contributed by atoms with Gasteiger partial charge in [-0.15, -0.1) is 10.2 Å². The van der Waals surface area contributed by atoms with Crippen LogP contribution in [0.25, 0.3) is 11.4 Å². The summed E-state index contributed by atoms with van der Waals surface area (Å²) in [4.78, 5) is 11.4. The number of rotatable bonds is 8. The summed E-state index contributed by atoms with van der Waals surface area (Å²) in [6.45, 7) is 6.68. The molecule has 0 saturated heterocycles. The molecule has 1 aromatic carbocycles. The lowest BCUT2D eigenvalue weighted by Gasteiger charge is -2.09. The standard InChI is InChI=1S/C16H22N4O2S/c1-11(2)22-7-8-23-16-19-18-15(20(16)10-14(17)21)13-6-4-5-12(3)9-13/h4-6,9,11H,7-8,10H2,1-3H3,(H2,17,21). The zero-order valence-electron chi connectivity index (χ0n) is 13.7. The first-order valence-electron chi connectivity index (χ1n) is 7.50. The molecule has 1 amide bonds. The molecule has 0 fully saturated rings. The number of primary amides is 1. The van der Waals surface area contributed by atoms with Crippen LogP contribution in [0.15, 0.2) is 29.4 Å². The highest BCUT2D eigenvalue weighted by Gasteiger charge is 2.16. The second-order valence-corrected chi connectivity index (χ2v) is 6.56. The monoisotopic (exact) mass is 334 g/mol.